The van der Waals surface area contributed by atoms with Gasteiger partial charge in [0.05, 0.1) is 0 Å². The topological polar surface area (TPSA) is 6.48 Å². The van der Waals surface area contributed by atoms with Crippen LogP contribution in [-0.2, 0) is 0 Å². The molecule has 0 amide bonds. The highest BCUT2D eigenvalue weighted by Gasteiger charge is 2.21. The Morgan fingerprint density at radius 3 is 1.49 bits per heavy atom. The Balaban J connectivity index is 1.56. The predicted octanol–water partition coefficient (Wildman–Crippen LogP) is 9.62. The van der Waals surface area contributed by atoms with Crippen LogP contribution in [-0.4, -0.2) is 26.2 Å². The minimum atomic E-state index is 1.16. The smallest absolute Gasteiger partial charge is 0.0372 e. The molecule has 2 aliphatic rings. The Hall–Kier alpha value is -3.78. The van der Waals surface area contributed by atoms with Crippen molar-refractivity contribution in [3.05, 3.63) is 96.6 Å². The predicted molar refractivity (Wildman–Crippen MR) is 169 cm³/mol. The lowest BCUT2D eigenvalue weighted by molar-refractivity contribution is 0.578. The third-order valence-corrected chi connectivity index (χ3v) is 8.90. The molecule has 2 fully saturated rings. The van der Waals surface area contributed by atoms with Gasteiger partial charge in [-0.25, -0.2) is 0 Å². The molecule has 0 unspecified atom stereocenters. The standard InChI is InChI=1S/C37H38N2/c1-27-12-11-15-29(24-27)37-33-19-17-30(38-20-7-3-8-21-38)25-34(33)36(28-13-5-2-6-14-28)32-18-16-31(26-35(32)37)39-22-9-4-10-23-39/h2,5-6,11-19,24-26H,3-4,7-10,20-23H2,1H3. The van der Waals surface area contributed by atoms with Gasteiger partial charge in [0.1, 0.15) is 0 Å². The number of rotatable bonds is 4. The molecule has 2 aliphatic heterocycles. The monoisotopic (exact) mass is 510 g/mol. The summed E-state index contributed by atoms with van der Waals surface area (Å²) in [6, 6.07) is 34.7. The number of hydrogen-bond acceptors (Lipinski definition) is 2. The molecule has 2 saturated heterocycles. The van der Waals surface area contributed by atoms with Crippen molar-refractivity contribution in [2.75, 3.05) is 36.0 Å². The number of aryl methyl sites for hydroxylation is 1. The van der Waals surface area contributed by atoms with Gasteiger partial charge >= 0.3 is 0 Å². The molecule has 39 heavy (non-hydrogen) atoms. The van der Waals surface area contributed by atoms with Crippen molar-refractivity contribution < 1.29 is 0 Å². The summed E-state index contributed by atoms with van der Waals surface area (Å²) in [5.41, 5.74) is 9.36. The lowest BCUT2D eigenvalue weighted by Crippen LogP contribution is -2.29. The normalized spacial score (nSPS) is 16.2. The number of fused-ring (bicyclic) bond motifs is 2. The van der Waals surface area contributed by atoms with Gasteiger partial charge in [-0.15, -0.1) is 0 Å². The molecule has 0 atom stereocenters. The lowest BCUT2D eigenvalue weighted by atomic mass is 9.85. The van der Waals surface area contributed by atoms with Crippen molar-refractivity contribution >= 4 is 32.9 Å². The number of nitrogens with zero attached hydrogens (tertiary/aromatic N) is 2. The fourth-order valence-electron chi connectivity index (χ4n) is 6.93. The second-order valence-electron chi connectivity index (χ2n) is 11.5. The summed E-state index contributed by atoms with van der Waals surface area (Å²) in [6.07, 6.45) is 7.84. The van der Waals surface area contributed by atoms with E-state index in [1.807, 2.05) is 0 Å². The van der Waals surface area contributed by atoms with Gasteiger partial charge in [-0.3, -0.25) is 0 Å². The summed E-state index contributed by atoms with van der Waals surface area (Å²) in [5.74, 6) is 0. The van der Waals surface area contributed by atoms with Crippen LogP contribution in [0.25, 0.3) is 43.8 Å². The van der Waals surface area contributed by atoms with Crippen LogP contribution in [0.1, 0.15) is 44.1 Å². The van der Waals surface area contributed by atoms with Crippen LogP contribution in [0.4, 0.5) is 11.4 Å². The van der Waals surface area contributed by atoms with E-state index in [4.69, 9.17) is 0 Å². The first-order valence-corrected chi connectivity index (χ1v) is 14.9. The van der Waals surface area contributed by atoms with Crippen LogP contribution in [0.3, 0.4) is 0 Å². The molecule has 0 aromatic heterocycles. The minimum absolute atomic E-state index is 1.16. The fourth-order valence-corrected chi connectivity index (χ4v) is 6.93. The van der Waals surface area contributed by atoms with E-state index < -0.39 is 0 Å². The molecule has 7 rings (SSSR count). The van der Waals surface area contributed by atoms with E-state index in [1.54, 1.807) is 0 Å². The third kappa shape index (κ3) is 4.56. The number of anilines is 2. The van der Waals surface area contributed by atoms with Gasteiger partial charge in [0.2, 0.25) is 0 Å². The summed E-state index contributed by atoms with van der Waals surface area (Å²) in [5, 5.41) is 5.42. The van der Waals surface area contributed by atoms with E-state index in [0.29, 0.717) is 0 Å². The zero-order valence-electron chi connectivity index (χ0n) is 23.1. The molecular weight excluding hydrogens is 472 g/mol. The Bertz CT molecular complexity index is 1620. The zero-order valence-corrected chi connectivity index (χ0v) is 23.1. The molecule has 2 heteroatoms. The van der Waals surface area contributed by atoms with E-state index in [0.717, 1.165) is 26.2 Å². The van der Waals surface area contributed by atoms with Crippen molar-refractivity contribution in [2.45, 2.75) is 45.4 Å². The lowest BCUT2D eigenvalue weighted by Gasteiger charge is -2.30. The molecule has 0 spiro atoms. The summed E-state index contributed by atoms with van der Waals surface area (Å²) >= 11 is 0. The van der Waals surface area contributed by atoms with Crippen LogP contribution >= 0.6 is 0 Å². The summed E-state index contributed by atoms with van der Waals surface area (Å²) < 4.78 is 0. The van der Waals surface area contributed by atoms with Crippen molar-refractivity contribution in [1.82, 2.24) is 0 Å². The van der Waals surface area contributed by atoms with E-state index in [9.17, 15) is 0 Å². The van der Waals surface area contributed by atoms with Gasteiger partial charge in [0, 0.05) is 37.6 Å². The first-order valence-electron chi connectivity index (χ1n) is 14.9. The van der Waals surface area contributed by atoms with Gasteiger partial charge < -0.3 is 9.80 Å². The molecule has 0 radical (unpaired) electrons. The molecule has 0 N–H and O–H groups in total. The summed E-state index contributed by atoms with van der Waals surface area (Å²) in [4.78, 5) is 5.18. The molecular formula is C37H38N2. The van der Waals surface area contributed by atoms with Crippen molar-refractivity contribution in [3.8, 4) is 22.3 Å². The van der Waals surface area contributed by atoms with Gasteiger partial charge in [-0.1, -0.05) is 72.3 Å². The van der Waals surface area contributed by atoms with Crippen LogP contribution in [0, 0.1) is 6.92 Å². The van der Waals surface area contributed by atoms with Crippen LogP contribution in [0.5, 0.6) is 0 Å². The third-order valence-electron chi connectivity index (χ3n) is 8.90. The van der Waals surface area contributed by atoms with Gasteiger partial charge in [-0.2, -0.15) is 0 Å². The highest BCUT2D eigenvalue weighted by atomic mass is 15.1. The van der Waals surface area contributed by atoms with Crippen molar-refractivity contribution in [1.29, 1.82) is 0 Å². The maximum absolute atomic E-state index is 2.59. The second kappa shape index (κ2) is 10.4. The SMILES string of the molecule is Cc1cccc(-c2c3ccc(N4CCCCC4)cc3c(-c3ccccc3)c3ccc(N4CCCCC4)cc23)c1. The van der Waals surface area contributed by atoms with Gasteiger partial charge in [0.15, 0.2) is 0 Å². The average Bonchev–Trinajstić information content (AvgIpc) is 3.00. The highest BCUT2D eigenvalue weighted by molar-refractivity contribution is 6.22. The maximum atomic E-state index is 2.59. The van der Waals surface area contributed by atoms with E-state index in [1.165, 1.54) is 99.3 Å². The van der Waals surface area contributed by atoms with E-state index in [2.05, 4.69) is 108 Å². The Morgan fingerprint density at radius 1 is 0.436 bits per heavy atom. The van der Waals surface area contributed by atoms with Crippen LogP contribution in [0.15, 0.2) is 91.0 Å². The van der Waals surface area contributed by atoms with E-state index in [-0.39, 0.29) is 0 Å². The first kappa shape index (κ1) is 24.3. The molecule has 5 aromatic carbocycles. The molecule has 0 aliphatic carbocycles. The fraction of sp³-hybridized carbons (Fsp3) is 0.297. The van der Waals surface area contributed by atoms with Crippen molar-refractivity contribution in [3.63, 3.8) is 0 Å². The maximum Gasteiger partial charge on any atom is 0.0372 e. The average molecular weight is 511 g/mol. The van der Waals surface area contributed by atoms with Gasteiger partial charge in [0.25, 0.3) is 0 Å². The molecule has 0 bridgehead atoms. The largest absolute Gasteiger partial charge is 0.372 e. The van der Waals surface area contributed by atoms with Crippen molar-refractivity contribution in [2.24, 2.45) is 0 Å². The summed E-state index contributed by atoms with van der Waals surface area (Å²) in [7, 11) is 0. The quantitative estimate of drug-likeness (QED) is 0.222. The molecule has 2 heterocycles. The Labute approximate surface area is 232 Å². The number of hydrogen-bond donors (Lipinski definition) is 0. The zero-order chi connectivity index (χ0) is 26.2. The summed E-state index contributed by atoms with van der Waals surface area (Å²) in [6.45, 7) is 6.83. The van der Waals surface area contributed by atoms with Crippen LogP contribution in [0.2, 0.25) is 0 Å². The number of piperidine rings is 2. The first-order chi connectivity index (χ1) is 19.3. The highest BCUT2D eigenvalue weighted by Crippen LogP contribution is 2.46. The number of benzene rings is 5. The van der Waals surface area contributed by atoms with Crippen LogP contribution < -0.4 is 9.80 Å². The second-order valence-corrected chi connectivity index (χ2v) is 11.5. The Kier molecular flexibility index (Phi) is 6.48. The molecule has 2 nitrogen and oxygen atoms in total. The van der Waals surface area contributed by atoms with Gasteiger partial charge in [-0.05, 0) is 114 Å². The minimum Gasteiger partial charge on any atom is -0.372 e. The molecule has 196 valence electrons. The molecule has 5 aromatic rings. The molecule has 0 saturated carbocycles. The Morgan fingerprint density at radius 2 is 0.949 bits per heavy atom. The van der Waals surface area contributed by atoms with E-state index >= 15 is 0 Å².